The van der Waals surface area contributed by atoms with E-state index >= 15 is 0 Å². The van der Waals surface area contributed by atoms with Crippen LogP contribution < -0.4 is 15.4 Å². The van der Waals surface area contributed by atoms with Crippen LogP contribution in [0.25, 0.3) is 0 Å². The number of hydrogen-bond donors (Lipinski definition) is 2. The van der Waals surface area contributed by atoms with Crippen molar-refractivity contribution in [3.05, 3.63) is 18.2 Å². The van der Waals surface area contributed by atoms with E-state index in [1.165, 1.54) is 0 Å². The molecule has 4 nitrogen and oxygen atoms in total. The van der Waals surface area contributed by atoms with Crippen LogP contribution in [0.1, 0.15) is 12.8 Å². The van der Waals surface area contributed by atoms with Crippen molar-refractivity contribution < 1.29 is 9.53 Å². The van der Waals surface area contributed by atoms with Crippen LogP contribution >= 0.6 is 0 Å². The lowest BCUT2D eigenvalue weighted by molar-refractivity contribution is -0.120. The van der Waals surface area contributed by atoms with Gasteiger partial charge in [0.25, 0.3) is 0 Å². The zero-order valence-corrected chi connectivity index (χ0v) is 9.17. The standard InChI is InChI=1S/C12H14N2O2/c1-16-9-4-2-3-8-10(9)14-11(15)12(5-6-12)7-13-8/h2-4,13H,5-7H2,1H3,(H,14,15). The van der Waals surface area contributed by atoms with E-state index in [4.69, 9.17) is 4.74 Å². The van der Waals surface area contributed by atoms with E-state index < -0.39 is 0 Å². The Labute approximate surface area is 94.0 Å². The summed E-state index contributed by atoms with van der Waals surface area (Å²) in [6, 6.07) is 5.73. The lowest BCUT2D eigenvalue weighted by Crippen LogP contribution is -2.27. The quantitative estimate of drug-likeness (QED) is 0.756. The summed E-state index contributed by atoms with van der Waals surface area (Å²) in [4.78, 5) is 12.0. The van der Waals surface area contributed by atoms with E-state index in [0.717, 1.165) is 30.8 Å². The number of amides is 1. The summed E-state index contributed by atoms with van der Waals surface area (Å²) in [6.45, 7) is 0.721. The van der Waals surface area contributed by atoms with Gasteiger partial charge in [-0.3, -0.25) is 4.79 Å². The molecular weight excluding hydrogens is 204 g/mol. The van der Waals surface area contributed by atoms with Gasteiger partial charge in [-0.2, -0.15) is 0 Å². The zero-order valence-electron chi connectivity index (χ0n) is 9.17. The Bertz CT molecular complexity index is 452. The predicted molar refractivity (Wildman–Crippen MR) is 61.8 cm³/mol. The molecular formula is C12H14N2O2. The SMILES string of the molecule is COc1cccc2c1NC(=O)C1(CC1)CN2. The second kappa shape index (κ2) is 3.14. The Morgan fingerprint density at radius 1 is 1.38 bits per heavy atom. The van der Waals surface area contributed by atoms with Crippen molar-refractivity contribution in [1.82, 2.24) is 0 Å². The molecule has 84 valence electrons. The molecule has 1 spiro atoms. The van der Waals surface area contributed by atoms with Gasteiger partial charge in [-0.25, -0.2) is 0 Å². The van der Waals surface area contributed by atoms with E-state index in [2.05, 4.69) is 10.6 Å². The van der Waals surface area contributed by atoms with Crippen LogP contribution in [-0.2, 0) is 4.79 Å². The highest BCUT2D eigenvalue weighted by Gasteiger charge is 2.51. The number of carbonyl (C=O) groups is 1. The van der Waals surface area contributed by atoms with Crippen molar-refractivity contribution in [2.24, 2.45) is 5.41 Å². The molecule has 0 bridgehead atoms. The fraction of sp³-hybridized carbons (Fsp3) is 0.417. The maximum Gasteiger partial charge on any atom is 0.232 e. The molecule has 1 aliphatic heterocycles. The molecule has 1 fully saturated rings. The van der Waals surface area contributed by atoms with Crippen molar-refractivity contribution in [3.8, 4) is 5.75 Å². The van der Waals surface area contributed by atoms with Crippen LogP contribution in [0, 0.1) is 5.41 Å². The monoisotopic (exact) mass is 218 g/mol. The molecule has 0 saturated heterocycles. The van der Waals surface area contributed by atoms with Crippen molar-refractivity contribution in [3.63, 3.8) is 0 Å². The second-order valence-electron chi connectivity index (χ2n) is 4.47. The number of rotatable bonds is 1. The minimum Gasteiger partial charge on any atom is -0.494 e. The summed E-state index contributed by atoms with van der Waals surface area (Å²) in [5, 5.41) is 6.29. The smallest absolute Gasteiger partial charge is 0.232 e. The molecule has 2 N–H and O–H groups in total. The molecule has 3 rings (SSSR count). The first-order chi connectivity index (χ1) is 7.75. The summed E-state index contributed by atoms with van der Waals surface area (Å²) < 4.78 is 5.25. The van der Waals surface area contributed by atoms with Crippen LogP contribution in [0.15, 0.2) is 18.2 Å². The summed E-state index contributed by atoms with van der Waals surface area (Å²) in [6.07, 6.45) is 1.95. The van der Waals surface area contributed by atoms with Gasteiger partial charge >= 0.3 is 0 Å². The molecule has 4 heteroatoms. The van der Waals surface area contributed by atoms with Crippen molar-refractivity contribution in [2.45, 2.75) is 12.8 Å². The average molecular weight is 218 g/mol. The van der Waals surface area contributed by atoms with Gasteiger partial charge in [-0.05, 0) is 25.0 Å². The number of nitrogens with one attached hydrogen (secondary N) is 2. The number of fused-ring (bicyclic) bond motifs is 1. The fourth-order valence-electron chi connectivity index (χ4n) is 2.12. The number of methoxy groups -OCH3 is 1. The second-order valence-corrected chi connectivity index (χ2v) is 4.47. The first kappa shape index (κ1) is 9.51. The van der Waals surface area contributed by atoms with E-state index in [1.54, 1.807) is 7.11 Å². The third-order valence-corrected chi connectivity index (χ3v) is 3.44. The number of hydrogen-bond acceptors (Lipinski definition) is 3. The normalized spacial score (nSPS) is 20.4. The Kier molecular flexibility index (Phi) is 1.87. The maximum absolute atomic E-state index is 12.0. The van der Waals surface area contributed by atoms with Crippen molar-refractivity contribution >= 4 is 17.3 Å². The third kappa shape index (κ3) is 1.26. The number of para-hydroxylation sites is 1. The minimum absolute atomic E-state index is 0.114. The number of anilines is 2. The van der Waals surface area contributed by atoms with Gasteiger partial charge in [0.15, 0.2) is 0 Å². The Morgan fingerprint density at radius 2 is 2.19 bits per heavy atom. The van der Waals surface area contributed by atoms with Crippen LogP contribution in [-0.4, -0.2) is 19.6 Å². The molecule has 1 aliphatic carbocycles. The minimum atomic E-state index is -0.177. The molecule has 2 aliphatic rings. The van der Waals surface area contributed by atoms with Gasteiger partial charge in [0.1, 0.15) is 11.4 Å². The molecule has 0 unspecified atom stereocenters. The van der Waals surface area contributed by atoms with Crippen LogP contribution in [0.2, 0.25) is 0 Å². The summed E-state index contributed by atoms with van der Waals surface area (Å²) in [5.41, 5.74) is 1.53. The first-order valence-corrected chi connectivity index (χ1v) is 5.47. The highest BCUT2D eigenvalue weighted by Crippen LogP contribution is 2.49. The summed E-state index contributed by atoms with van der Waals surface area (Å²) in [7, 11) is 1.61. The predicted octanol–water partition coefficient (Wildman–Crippen LogP) is 1.84. The lowest BCUT2D eigenvalue weighted by Gasteiger charge is -2.11. The van der Waals surface area contributed by atoms with E-state index in [-0.39, 0.29) is 11.3 Å². The van der Waals surface area contributed by atoms with Crippen LogP contribution in [0.5, 0.6) is 5.75 Å². The Balaban J connectivity index is 2.03. The number of carbonyl (C=O) groups excluding carboxylic acids is 1. The Morgan fingerprint density at radius 3 is 2.88 bits per heavy atom. The Hall–Kier alpha value is -1.71. The van der Waals surface area contributed by atoms with Gasteiger partial charge in [0, 0.05) is 6.54 Å². The molecule has 0 radical (unpaired) electrons. The third-order valence-electron chi connectivity index (χ3n) is 3.44. The van der Waals surface area contributed by atoms with Crippen LogP contribution in [0.4, 0.5) is 11.4 Å². The largest absolute Gasteiger partial charge is 0.494 e. The van der Waals surface area contributed by atoms with Crippen molar-refractivity contribution in [2.75, 3.05) is 24.3 Å². The topological polar surface area (TPSA) is 50.4 Å². The van der Waals surface area contributed by atoms with E-state index in [0.29, 0.717) is 5.75 Å². The van der Waals surface area contributed by atoms with Gasteiger partial charge in [-0.15, -0.1) is 0 Å². The van der Waals surface area contributed by atoms with Crippen molar-refractivity contribution in [1.29, 1.82) is 0 Å². The maximum atomic E-state index is 12.0. The molecule has 1 aromatic rings. The van der Waals surface area contributed by atoms with Gasteiger partial charge in [0.2, 0.25) is 5.91 Å². The van der Waals surface area contributed by atoms with Gasteiger partial charge in [-0.1, -0.05) is 6.07 Å². The van der Waals surface area contributed by atoms with Crippen LogP contribution in [0.3, 0.4) is 0 Å². The molecule has 0 aromatic heterocycles. The van der Waals surface area contributed by atoms with E-state index in [1.807, 2.05) is 18.2 Å². The number of benzene rings is 1. The molecule has 1 saturated carbocycles. The average Bonchev–Trinajstić information content (AvgIpc) is 3.09. The molecule has 16 heavy (non-hydrogen) atoms. The molecule has 1 amide bonds. The van der Waals surface area contributed by atoms with Gasteiger partial charge < -0.3 is 15.4 Å². The summed E-state index contributed by atoms with van der Waals surface area (Å²) >= 11 is 0. The van der Waals surface area contributed by atoms with Gasteiger partial charge in [0.05, 0.1) is 18.2 Å². The summed E-state index contributed by atoms with van der Waals surface area (Å²) in [5.74, 6) is 0.819. The van der Waals surface area contributed by atoms with E-state index in [9.17, 15) is 4.79 Å². The lowest BCUT2D eigenvalue weighted by atomic mass is 10.1. The zero-order chi connectivity index (χ0) is 11.2. The number of ether oxygens (including phenoxy) is 1. The molecule has 0 atom stereocenters. The highest BCUT2D eigenvalue weighted by molar-refractivity contribution is 6.03. The molecule has 1 aromatic carbocycles. The fourth-order valence-corrected chi connectivity index (χ4v) is 2.12. The highest BCUT2D eigenvalue weighted by atomic mass is 16.5. The molecule has 1 heterocycles. The first-order valence-electron chi connectivity index (χ1n) is 5.47.